The summed E-state index contributed by atoms with van der Waals surface area (Å²) in [6.07, 6.45) is 51.8. The van der Waals surface area contributed by atoms with Crippen molar-refractivity contribution in [1.82, 2.24) is 9.80 Å². The molecule has 1 aromatic carbocycles. The van der Waals surface area contributed by atoms with Crippen molar-refractivity contribution in [2.24, 2.45) is 121 Å². The SMILES string of the molecule is CC1CC=CC2=CC3CC4C(C)CC5=C6C4C4=C3C37C(=O)OC(=C(O)CC(C8CC9(CCCC9)C9(CCCC9%10CCCC%10)C8)N8CC9CC(C8)C(CC5)N6C9)C3(CC4)C3(OC(=O)c4c(CCCN)cccc43)C7CC2C2CCCC3(CCC4C(C=CC43)C1)C2. The summed E-state index contributed by atoms with van der Waals surface area (Å²) in [5.41, 5.74) is 15.1. The maximum Gasteiger partial charge on any atom is 0.339 e. The zero-order chi connectivity index (χ0) is 59.3. The summed E-state index contributed by atoms with van der Waals surface area (Å²) in [5.74, 6) is 6.47. The number of aliphatic hydroxyl groups excluding tert-OH is 1. The van der Waals surface area contributed by atoms with Crippen LogP contribution < -0.4 is 5.73 Å². The van der Waals surface area contributed by atoms with E-state index in [1.807, 2.05) is 0 Å². The minimum Gasteiger partial charge on any atom is -0.509 e. The van der Waals surface area contributed by atoms with Gasteiger partial charge in [-0.2, -0.15) is 0 Å². The molecule has 1 aromatic rings. The number of carbonyl (C=O) groups excluding carboxylic acids is 2. The number of allylic oxidation sites excluding steroid dienone is 8. The van der Waals surface area contributed by atoms with Crippen LogP contribution in [0.5, 0.6) is 0 Å². The van der Waals surface area contributed by atoms with Crippen LogP contribution in [0.2, 0.25) is 0 Å². The summed E-state index contributed by atoms with van der Waals surface area (Å²) in [5, 5.41) is 14.5. The summed E-state index contributed by atoms with van der Waals surface area (Å²) in [7, 11) is 0. The maximum atomic E-state index is 17.4. The molecule has 17 bridgehead atoms. The van der Waals surface area contributed by atoms with Crippen LogP contribution in [0.25, 0.3) is 0 Å². The molecular weight excluding hydrogens is 1090 g/mol. The first-order chi connectivity index (χ1) is 43.4. The number of ether oxygens (including phenoxy) is 2. The van der Waals surface area contributed by atoms with E-state index in [-0.39, 0.29) is 41.7 Å². The van der Waals surface area contributed by atoms with E-state index in [9.17, 15) is 5.11 Å². The third kappa shape index (κ3) is 6.79. The average molecular weight is 1200 g/mol. The largest absolute Gasteiger partial charge is 0.509 e. The normalized spacial score (nSPS) is 49.2. The zero-order valence-corrected chi connectivity index (χ0v) is 54.4. The van der Waals surface area contributed by atoms with Crippen molar-refractivity contribution in [3.05, 3.63) is 105 Å². The molecule has 3 saturated heterocycles. The molecule has 474 valence electrons. The van der Waals surface area contributed by atoms with Gasteiger partial charge in [-0.15, -0.1) is 0 Å². The minimum atomic E-state index is -1.20. The summed E-state index contributed by atoms with van der Waals surface area (Å²) in [6, 6.07) is 7.32. The van der Waals surface area contributed by atoms with E-state index in [2.05, 4.69) is 72.2 Å². The number of nitrogens with two attached hydrogens (primary N) is 1. The van der Waals surface area contributed by atoms with E-state index in [4.69, 9.17) is 15.2 Å². The van der Waals surface area contributed by atoms with Crippen LogP contribution in [0.3, 0.4) is 0 Å². The fourth-order valence-electron chi connectivity index (χ4n) is 30.7. The lowest BCUT2D eigenvalue weighted by Crippen LogP contribution is -2.78. The van der Waals surface area contributed by atoms with Gasteiger partial charge in [-0.25, -0.2) is 4.79 Å². The second-order valence-electron chi connectivity index (χ2n) is 35.8. The number of rotatable bonds is 4. The molecule has 3 N–H and O–H groups in total. The first-order valence-electron chi connectivity index (χ1n) is 38.1. The highest BCUT2D eigenvalue weighted by Crippen LogP contribution is 2.89. The molecule has 8 nitrogen and oxygen atoms in total. The molecule has 22 atom stereocenters. The lowest BCUT2D eigenvalue weighted by atomic mass is 9.27. The molecule has 0 amide bonds. The van der Waals surface area contributed by atoms with E-state index < -0.39 is 16.4 Å². The molecule has 7 saturated carbocycles. The molecule has 23 rings (SSSR count). The summed E-state index contributed by atoms with van der Waals surface area (Å²) in [4.78, 5) is 39.4. The van der Waals surface area contributed by atoms with Crippen molar-refractivity contribution in [1.29, 1.82) is 0 Å². The molecular formula is C81H105N3O5. The van der Waals surface area contributed by atoms with Crippen LogP contribution in [0.15, 0.2) is 88.1 Å². The molecule has 0 radical (unpaired) electrons. The molecule has 9 aliphatic heterocycles. The van der Waals surface area contributed by atoms with Crippen LogP contribution in [-0.4, -0.2) is 65.1 Å². The number of hydrogen-bond donors (Lipinski definition) is 2. The Balaban J connectivity index is 0.838. The lowest BCUT2D eigenvalue weighted by molar-refractivity contribution is -0.283. The number of fused-ring (bicyclic) bond motifs is 8. The smallest absolute Gasteiger partial charge is 0.339 e. The monoisotopic (exact) mass is 1200 g/mol. The highest BCUT2D eigenvalue weighted by molar-refractivity contribution is 6.00. The van der Waals surface area contributed by atoms with E-state index in [0.29, 0.717) is 118 Å². The highest BCUT2D eigenvalue weighted by Gasteiger charge is 2.94. The van der Waals surface area contributed by atoms with Gasteiger partial charge >= 0.3 is 11.9 Å². The number of esters is 2. The molecule has 0 aromatic heterocycles. The Morgan fingerprint density at radius 2 is 1.62 bits per heavy atom. The number of nitrogens with zero attached hydrogens (tertiary/aromatic N) is 2. The Bertz CT molecular complexity index is 3420. The third-order valence-corrected chi connectivity index (χ3v) is 33.1. The molecule has 22 aliphatic rings. The van der Waals surface area contributed by atoms with Gasteiger partial charge in [0, 0.05) is 67.2 Å². The quantitative estimate of drug-likeness (QED) is 0.227. The first-order valence-corrected chi connectivity index (χ1v) is 38.1. The number of carbonyl (C=O) groups is 2. The van der Waals surface area contributed by atoms with Crippen molar-refractivity contribution in [3.63, 3.8) is 0 Å². The standard InChI is InChI=1S/C81H105N3O5/c1-47-12-7-14-51-37-55-38-60-48(2)35-53-19-21-64-56-36-49-44-83(46-56)65(57-42-77(27-5-6-28-77)78(43-57)30-11-29-76(78)25-3-4-26-76)40-66(85)72-79-32-23-59(69(60)71(53)84(64)45-49)70(55)80(79,74(87)88-72)67(81(79)63-17-8-13-50(16-10-33-82)68(63)73(86)89-81)39-61(51)54-15-9-24-75(41-54)31-22-58-52(34-47)18-20-62(58)75/h7-8,13-14,17-18,20,37,47-49,52,54-58,60-62,64-65,67,69,85H,3-6,9-12,15-16,19,21-36,38-46,82H2,1-2H3. The van der Waals surface area contributed by atoms with Gasteiger partial charge in [-0.05, 0) is 271 Å². The van der Waals surface area contributed by atoms with E-state index in [1.54, 1.807) is 16.8 Å². The van der Waals surface area contributed by atoms with Crippen LogP contribution >= 0.6 is 0 Å². The highest BCUT2D eigenvalue weighted by atomic mass is 16.6. The number of hydrogen-bond acceptors (Lipinski definition) is 8. The van der Waals surface area contributed by atoms with Crippen LogP contribution in [0.1, 0.15) is 234 Å². The van der Waals surface area contributed by atoms with E-state index >= 15 is 9.59 Å². The van der Waals surface area contributed by atoms with Gasteiger partial charge in [0.05, 0.1) is 11.0 Å². The fourth-order valence-corrected chi connectivity index (χ4v) is 30.7. The van der Waals surface area contributed by atoms with Crippen molar-refractivity contribution < 1.29 is 24.2 Å². The van der Waals surface area contributed by atoms with Gasteiger partial charge in [0.2, 0.25) is 0 Å². The van der Waals surface area contributed by atoms with Gasteiger partial charge in [-0.1, -0.05) is 112 Å². The van der Waals surface area contributed by atoms with Gasteiger partial charge in [0.15, 0.2) is 11.4 Å². The van der Waals surface area contributed by atoms with E-state index in [1.165, 1.54) is 165 Å². The topological polar surface area (TPSA) is 105 Å². The molecule has 13 aliphatic carbocycles. The molecule has 9 heterocycles. The number of piperidine rings is 2. The molecule has 7 spiro atoms. The Morgan fingerprint density at radius 3 is 2.48 bits per heavy atom. The summed E-state index contributed by atoms with van der Waals surface area (Å²) >= 11 is 0. The van der Waals surface area contributed by atoms with Crippen LogP contribution in [-0.2, 0) is 26.3 Å². The molecule has 89 heavy (non-hydrogen) atoms. The first kappa shape index (κ1) is 55.6. The fraction of sp³-hybridized carbons (Fsp3) is 0.753. The van der Waals surface area contributed by atoms with Gasteiger partial charge in [0.1, 0.15) is 11.2 Å². The lowest BCUT2D eigenvalue weighted by Gasteiger charge is -2.73. The van der Waals surface area contributed by atoms with E-state index in [0.717, 1.165) is 74.3 Å². The summed E-state index contributed by atoms with van der Waals surface area (Å²) in [6.45, 7) is 9.05. The Labute approximate surface area is 532 Å². The van der Waals surface area contributed by atoms with Crippen molar-refractivity contribution in [2.75, 3.05) is 26.2 Å². The Morgan fingerprint density at radius 1 is 0.764 bits per heavy atom. The van der Waals surface area contributed by atoms with Gasteiger partial charge < -0.3 is 25.2 Å². The van der Waals surface area contributed by atoms with Crippen LogP contribution in [0, 0.1) is 115 Å². The zero-order valence-electron chi connectivity index (χ0n) is 54.4. The van der Waals surface area contributed by atoms with Crippen molar-refractivity contribution in [3.8, 4) is 0 Å². The second kappa shape index (κ2) is 19.2. The van der Waals surface area contributed by atoms with Gasteiger partial charge in [0.25, 0.3) is 0 Å². The predicted molar refractivity (Wildman–Crippen MR) is 346 cm³/mol. The average Bonchev–Trinajstić information content (AvgIpc) is 1.52. The third-order valence-electron chi connectivity index (χ3n) is 33.1. The van der Waals surface area contributed by atoms with Crippen molar-refractivity contribution in [2.45, 2.75) is 237 Å². The summed E-state index contributed by atoms with van der Waals surface area (Å²) < 4.78 is 15.4. The van der Waals surface area contributed by atoms with Crippen molar-refractivity contribution >= 4 is 11.9 Å². The minimum absolute atomic E-state index is 0.0437. The Kier molecular flexibility index (Phi) is 12.0. The number of aliphatic hydroxyl groups is 1. The van der Waals surface area contributed by atoms with Gasteiger partial charge in [-0.3, -0.25) is 9.69 Å². The van der Waals surface area contributed by atoms with Crippen LogP contribution in [0.4, 0.5) is 0 Å². The number of benzene rings is 1. The molecule has 22 unspecified atom stereocenters. The predicted octanol–water partition coefficient (Wildman–Crippen LogP) is 16.7. The molecule has 10 fully saturated rings. The second-order valence-corrected chi connectivity index (χ2v) is 35.8. The molecule has 8 heteroatoms. The number of aryl methyl sites for hydroxylation is 1. The maximum absolute atomic E-state index is 17.4. The Hall–Kier alpha value is -3.88.